The van der Waals surface area contributed by atoms with Gasteiger partial charge in [-0.15, -0.1) is 11.3 Å². The molecule has 1 unspecified atom stereocenters. The van der Waals surface area contributed by atoms with Crippen LogP contribution < -0.4 is 27.0 Å². The van der Waals surface area contributed by atoms with Gasteiger partial charge in [-0.05, 0) is 23.9 Å². The number of nitrogens with zero attached hydrogens (tertiary/aromatic N) is 1. The number of thiophene rings is 1. The first-order valence-electron chi connectivity index (χ1n) is 9.10. The highest BCUT2D eigenvalue weighted by molar-refractivity contribution is 7.86. The molecule has 172 valence electrons. The second-order valence-electron chi connectivity index (χ2n) is 6.26. The molecule has 2 amide bonds. The Morgan fingerprint density at radius 3 is 2.66 bits per heavy atom. The maximum atomic E-state index is 12.8. The number of nitrogens with one attached hydrogen (secondary N) is 2. The Balaban J connectivity index is 2.10. The first-order valence-corrected chi connectivity index (χ1v) is 11.1. The summed E-state index contributed by atoms with van der Waals surface area (Å²) in [5.41, 5.74) is 12.5. The zero-order valence-corrected chi connectivity index (χ0v) is 18.6. The molecule has 2 aromatic rings. The topological polar surface area (TPSA) is 203 Å². The molecule has 0 aliphatic rings. The number of aliphatic carboxylic acids is 1. The lowest BCUT2D eigenvalue weighted by atomic mass is 10.1. The number of carboxylic acids is 1. The van der Waals surface area contributed by atoms with Gasteiger partial charge in [0, 0.05) is 12.5 Å². The number of carbonyl (C=O) groups is 3. The fourth-order valence-corrected chi connectivity index (χ4v) is 4.37. The Morgan fingerprint density at radius 2 is 2.00 bits per heavy atom. The van der Waals surface area contributed by atoms with Gasteiger partial charge in [-0.25, -0.2) is 13.8 Å². The second-order valence-corrected chi connectivity index (χ2v) is 8.36. The zero-order chi connectivity index (χ0) is 23.7. The molecule has 2 atom stereocenters. The molecule has 9 N–H and O–H groups in total. The number of quaternary nitrogens is 1. The molecule has 0 radical (unpaired) electrons. The molecule has 0 fully saturated rings. The van der Waals surface area contributed by atoms with E-state index in [1.165, 1.54) is 12.6 Å². The number of nitrogens with two attached hydrogens (primary N) is 3. The Kier molecular flexibility index (Phi) is 9.27. The summed E-state index contributed by atoms with van der Waals surface area (Å²) >= 11 is 1.04. The van der Waals surface area contributed by atoms with Crippen molar-refractivity contribution in [3.63, 3.8) is 0 Å². The van der Waals surface area contributed by atoms with Gasteiger partial charge in [0.15, 0.2) is 22.6 Å². The van der Waals surface area contributed by atoms with E-state index in [-0.39, 0.29) is 23.4 Å². The number of amides is 2. The summed E-state index contributed by atoms with van der Waals surface area (Å²) in [6.45, 7) is 0. The Hall–Kier alpha value is -3.33. The third kappa shape index (κ3) is 7.12. The van der Waals surface area contributed by atoms with E-state index in [0.29, 0.717) is 10.6 Å². The summed E-state index contributed by atoms with van der Waals surface area (Å²) in [7, 11) is -0.253. The molecule has 0 aliphatic heterocycles. The number of benzene rings is 1. The minimum atomic E-state index is -1.72. The number of anilines is 1. The van der Waals surface area contributed by atoms with E-state index in [0.717, 1.165) is 11.3 Å². The van der Waals surface area contributed by atoms with Crippen LogP contribution in [0, 0.1) is 0 Å². The van der Waals surface area contributed by atoms with Crippen LogP contribution >= 0.6 is 11.3 Å². The van der Waals surface area contributed by atoms with Crippen LogP contribution in [0.3, 0.4) is 0 Å². The summed E-state index contributed by atoms with van der Waals surface area (Å²) in [6.07, 6.45) is -0.488. The van der Waals surface area contributed by atoms with Crippen LogP contribution in [-0.4, -0.2) is 46.2 Å². The molecule has 0 spiro atoms. The van der Waals surface area contributed by atoms with Crippen LogP contribution in [-0.2, 0) is 25.4 Å². The SMILES string of the molecule is CO[NH2+]c1ccccc1S(=O)Nc1ccsc1C(=O)N[C@@H](CCC(=O)N=C(N)N)C(=O)O. The maximum Gasteiger partial charge on any atom is 0.326 e. The summed E-state index contributed by atoms with van der Waals surface area (Å²) in [4.78, 5) is 44.6. The van der Waals surface area contributed by atoms with Gasteiger partial charge >= 0.3 is 5.97 Å². The van der Waals surface area contributed by atoms with Gasteiger partial charge in [0.05, 0.1) is 12.8 Å². The largest absolute Gasteiger partial charge is 0.480 e. The van der Waals surface area contributed by atoms with Gasteiger partial charge in [0.25, 0.3) is 5.91 Å². The van der Waals surface area contributed by atoms with Gasteiger partial charge in [0.2, 0.25) is 5.91 Å². The molecule has 12 nitrogen and oxygen atoms in total. The lowest BCUT2D eigenvalue weighted by molar-refractivity contribution is -0.831. The van der Waals surface area contributed by atoms with Gasteiger partial charge in [-0.2, -0.15) is 10.5 Å². The summed E-state index contributed by atoms with van der Waals surface area (Å²) < 4.78 is 15.6. The summed E-state index contributed by atoms with van der Waals surface area (Å²) in [6, 6.07) is 7.05. The van der Waals surface area contributed by atoms with Crippen LogP contribution in [0.2, 0.25) is 0 Å². The second kappa shape index (κ2) is 11.9. The van der Waals surface area contributed by atoms with E-state index < -0.39 is 40.8 Å². The number of hydrogen-bond donors (Lipinski definition) is 6. The minimum Gasteiger partial charge on any atom is -0.480 e. The van der Waals surface area contributed by atoms with Crippen molar-refractivity contribution in [2.75, 3.05) is 11.8 Å². The third-order valence-electron chi connectivity index (χ3n) is 3.94. The molecule has 14 heteroatoms. The predicted octanol–water partition coefficient (Wildman–Crippen LogP) is -0.598. The molecular formula is C18H23N6O6S2+. The normalized spacial score (nSPS) is 12.4. The van der Waals surface area contributed by atoms with Crippen LogP contribution in [0.4, 0.5) is 11.4 Å². The van der Waals surface area contributed by atoms with Crippen LogP contribution in [0.5, 0.6) is 0 Å². The van der Waals surface area contributed by atoms with E-state index in [1.54, 1.807) is 35.7 Å². The van der Waals surface area contributed by atoms with E-state index in [1.807, 2.05) is 0 Å². The molecule has 0 saturated heterocycles. The van der Waals surface area contributed by atoms with E-state index in [4.69, 9.17) is 16.3 Å². The van der Waals surface area contributed by atoms with Crippen molar-refractivity contribution in [2.45, 2.75) is 23.8 Å². The van der Waals surface area contributed by atoms with Crippen molar-refractivity contribution in [2.24, 2.45) is 16.5 Å². The highest BCUT2D eigenvalue weighted by atomic mass is 32.2. The quantitative estimate of drug-likeness (QED) is 0.105. The Labute approximate surface area is 189 Å². The van der Waals surface area contributed by atoms with E-state index in [2.05, 4.69) is 15.0 Å². The third-order valence-corrected chi connectivity index (χ3v) is 6.03. The minimum absolute atomic E-state index is 0.133. The molecule has 0 bridgehead atoms. The fourth-order valence-electron chi connectivity index (χ4n) is 2.54. The van der Waals surface area contributed by atoms with Crippen molar-refractivity contribution >= 4 is 57.4 Å². The molecule has 2 rings (SSSR count). The number of guanidine groups is 1. The Bertz CT molecular complexity index is 1040. The smallest absolute Gasteiger partial charge is 0.326 e. The molecule has 32 heavy (non-hydrogen) atoms. The van der Waals surface area contributed by atoms with Crippen LogP contribution in [0.25, 0.3) is 0 Å². The predicted molar refractivity (Wildman–Crippen MR) is 118 cm³/mol. The van der Waals surface area contributed by atoms with Gasteiger partial charge < -0.3 is 21.9 Å². The van der Waals surface area contributed by atoms with Crippen molar-refractivity contribution in [1.29, 1.82) is 0 Å². The van der Waals surface area contributed by atoms with Crippen LogP contribution in [0.15, 0.2) is 45.6 Å². The first kappa shape index (κ1) is 24.9. The van der Waals surface area contributed by atoms with E-state index in [9.17, 15) is 23.7 Å². The zero-order valence-electron chi connectivity index (χ0n) is 16.9. The summed E-state index contributed by atoms with van der Waals surface area (Å²) in [5.74, 6) is -3.16. The average Bonchev–Trinajstić information content (AvgIpc) is 3.19. The monoisotopic (exact) mass is 483 g/mol. The highest BCUT2D eigenvalue weighted by Crippen LogP contribution is 2.25. The number of rotatable bonds is 11. The fraction of sp³-hybridized carbons (Fsp3) is 0.222. The lowest BCUT2D eigenvalue weighted by Gasteiger charge is -2.14. The molecule has 1 aromatic carbocycles. The molecule has 0 aliphatic carbocycles. The van der Waals surface area contributed by atoms with Crippen molar-refractivity contribution in [3.8, 4) is 0 Å². The number of aliphatic imine (C=N–C) groups is 1. The standard InChI is InChI=1S/C18H22N6O6S2/c1-30-23-10-4-2-3-5-13(10)32(29)24-11-8-9-31-15(11)16(26)21-12(17(27)28)6-7-14(25)22-18(19)20/h2-5,8-9,12,23-24H,6-7H2,1H3,(H,21,26)(H,27,28)(H4,19,20,22,25)/p+1/t12-,32?/m0/s1. The van der Waals surface area contributed by atoms with Crippen molar-refractivity contribution in [3.05, 3.63) is 40.6 Å². The number of hydrogen-bond acceptors (Lipinski definition) is 6. The van der Waals surface area contributed by atoms with E-state index >= 15 is 0 Å². The first-order chi connectivity index (χ1) is 15.2. The molecule has 1 aromatic heterocycles. The molecular weight excluding hydrogens is 460 g/mol. The van der Waals surface area contributed by atoms with Gasteiger partial charge in [-0.3, -0.25) is 14.3 Å². The van der Waals surface area contributed by atoms with Gasteiger partial charge in [0.1, 0.15) is 15.8 Å². The van der Waals surface area contributed by atoms with Crippen LogP contribution in [0.1, 0.15) is 22.5 Å². The highest BCUT2D eigenvalue weighted by Gasteiger charge is 2.24. The van der Waals surface area contributed by atoms with Crippen molar-refractivity contribution in [1.82, 2.24) is 5.32 Å². The lowest BCUT2D eigenvalue weighted by Crippen LogP contribution is -2.76. The molecule has 1 heterocycles. The average molecular weight is 484 g/mol. The molecule has 0 saturated carbocycles. The summed E-state index contributed by atoms with van der Waals surface area (Å²) in [5, 5.41) is 13.3. The number of carboxylic acid groups (broad SMARTS) is 1. The maximum absolute atomic E-state index is 12.8. The van der Waals surface area contributed by atoms with Crippen molar-refractivity contribution < 1.29 is 34.0 Å². The van der Waals surface area contributed by atoms with Gasteiger partial charge in [-0.1, -0.05) is 12.1 Å². The Morgan fingerprint density at radius 1 is 1.28 bits per heavy atom. The number of carbonyl (C=O) groups excluding carboxylic acids is 2.